The van der Waals surface area contributed by atoms with E-state index in [1.54, 1.807) is 6.07 Å². The number of aromatic nitrogens is 6. The number of hydrogen-bond acceptors (Lipinski definition) is 8. The van der Waals surface area contributed by atoms with E-state index in [2.05, 4.69) is 30.4 Å². The molecule has 2 aliphatic carbocycles. The molecule has 0 saturated heterocycles. The molecule has 0 fully saturated rings. The maximum atomic E-state index is 15.5. The Bertz CT molecular complexity index is 2550. The first kappa shape index (κ1) is 35.9. The SMILES string of the molecule is NC(=O)c1cc(-c2cc3sc(-c4cncnc4)nc3nc2[C@H](Cc2cc(F)cc(F)c2)NC(=O)Cn2nc(C(F)(F)F)c3c2C(F)(F)[C@@H]2C=C[C@H]32)ccc1F. The number of primary amides is 1. The quantitative estimate of drug-likeness (QED) is 0.119. The first-order valence-corrected chi connectivity index (χ1v) is 17.1. The molecule has 0 unspecified atom stereocenters. The minimum atomic E-state index is -5.12. The number of thiazole rings is 1. The second kappa shape index (κ2) is 13.0. The molecule has 3 N–H and O–H groups in total. The summed E-state index contributed by atoms with van der Waals surface area (Å²) in [5.74, 6) is -11.7. The van der Waals surface area contributed by atoms with Gasteiger partial charge in [0.05, 0.1) is 27.9 Å². The number of nitrogens with two attached hydrogens (primary N) is 1. The first-order valence-electron chi connectivity index (χ1n) is 16.2. The van der Waals surface area contributed by atoms with E-state index in [-0.39, 0.29) is 28.0 Å². The van der Waals surface area contributed by atoms with Crippen LogP contribution in [-0.2, 0) is 29.9 Å². The number of carbonyl (C=O) groups excluding carboxylic acids is 2. The number of fused-ring (bicyclic) bond motifs is 4. The van der Waals surface area contributed by atoms with Crippen LogP contribution in [0.2, 0.25) is 0 Å². The molecule has 3 atom stereocenters. The topological polar surface area (TPSA) is 142 Å². The highest BCUT2D eigenvalue weighted by atomic mass is 32.1. The Kier molecular flexibility index (Phi) is 8.50. The van der Waals surface area contributed by atoms with Crippen molar-refractivity contribution in [2.45, 2.75) is 37.0 Å². The van der Waals surface area contributed by atoms with Crippen LogP contribution in [0.1, 0.15) is 50.5 Å². The van der Waals surface area contributed by atoms with Gasteiger partial charge < -0.3 is 11.1 Å². The smallest absolute Gasteiger partial charge is 0.366 e. The predicted molar refractivity (Wildman–Crippen MR) is 180 cm³/mol. The Morgan fingerprint density at radius 1 is 0.964 bits per heavy atom. The minimum absolute atomic E-state index is 0.0125. The van der Waals surface area contributed by atoms with Crippen LogP contribution in [0.15, 0.2) is 73.3 Å². The number of benzene rings is 2. The normalized spacial score (nSPS) is 17.5. The van der Waals surface area contributed by atoms with Gasteiger partial charge in [0.15, 0.2) is 11.3 Å². The number of nitrogens with zero attached hydrogens (tertiary/aromatic N) is 6. The van der Waals surface area contributed by atoms with Gasteiger partial charge in [-0.3, -0.25) is 14.3 Å². The number of rotatable bonds is 9. The molecule has 2 aromatic carbocycles. The van der Waals surface area contributed by atoms with Crippen molar-refractivity contribution >= 4 is 33.5 Å². The molecule has 8 rings (SSSR count). The largest absolute Gasteiger partial charge is 0.435 e. The summed E-state index contributed by atoms with van der Waals surface area (Å²) in [7, 11) is 0. The Morgan fingerprint density at radius 2 is 1.69 bits per heavy atom. The molecule has 0 bridgehead atoms. The van der Waals surface area contributed by atoms with Gasteiger partial charge in [0, 0.05) is 41.1 Å². The molecule has 2 aliphatic rings. The molecule has 2 amide bonds. The molecule has 0 spiro atoms. The van der Waals surface area contributed by atoms with E-state index in [1.165, 1.54) is 30.9 Å². The summed E-state index contributed by atoms with van der Waals surface area (Å²) in [5, 5.41) is 6.41. The molecule has 0 aliphatic heterocycles. The maximum Gasteiger partial charge on any atom is 0.435 e. The monoisotopic (exact) mass is 782 g/mol. The highest BCUT2D eigenvalue weighted by molar-refractivity contribution is 7.21. The molecule has 0 radical (unpaired) electrons. The summed E-state index contributed by atoms with van der Waals surface area (Å²) in [4.78, 5) is 43.2. The molecule has 6 aromatic rings. The third-order valence-corrected chi connectivity index (χ3v) is 10.4. The lowest BCUT2D eigenvalue weighted by atomic mass is 9.81. The van der Waals surface area contributed by atoms with E-state index in [0.29, 0.717) is 26.0 Å². The molecule has 4 heterocycles. The van der Waals surface area contributed by atoms with Gasteiger partial charge >= 0.3 is 6.18 Å². The van der Waals surface area contributed by atoms with E-state index in [4.69, 9.17) is 5.73 Å². The van der Waals surface area contributed by atoms with Crippen molar-refractivity contribution in [1.29, 1.82) is 0 Å². The highest BCUT2D eigenvalue weighted by Gasteiger charge is 2.61. The number of halogens is 8. The number of nitrogens with one attached hydrogen (secondary N) is 1. The number of amides is 2. The van der Waals surface area contributed by atoms with Gasteiger partial charge in [0.2, 0.25) is 5.91 Å². The van der Waals surface area contributed by atoms with E-state index in [9.17, 15) is 35.9 Å². The van der Waals surface area contributed by atoms with Gasteiger partial charge in [-0.05, 0) is 47.9 Å². The number of pyridine rings is 1. The summed E-state index contributed by atoms with van der Waals surface area (Å²) in [5.41, 5.74) is 2.47. The van der Waals surface area contributed by atoms with Crippen molar-refractivity contribution in [3.8, 4) is 21.7 Å². The van der Waals surface area contributed by atoms with Crippen LogP contribution in [0.4, 0.5) is 35.1 Å². The molecule has 4 aromatic heterocycles. The van der Waals surface area contributed by atoms with Gasteiger partial charge in [-0.2, -0.15) is 27.1 Å². The van der Waals surface area contributed by atoms with Crippen LogP contribution < -0.4 is 11.1 Å². The van der Waals surface area contributed by atoms with E-state index in [0.717, 1.165) is 41.7 Å². The van der Waals surface area contributed by atoms with Gasteiger partial charge in [-0.15, -0.1) is 11.3 Å². The minimum Gasteiger partial charge on any atom is -0.366 e. The second-order valence-electron chi connectivity index (χ2n) is 12.9. The standard InChI is InChI=1S/C36H22F8N8O2S/c37-18-5-15(6-19(38)9-18)7-25(48-27(53)13-52-31-28(30(51-52)36(42,43)44)20-2-3-23(20)35(31,40)41)29-21(16-1-4-24(39)22(8-16)32(45)54)10-26-33(49-29)50-34(55-26)17-11-46-14-47-12-17/h1-6,8-12,14,20,23,25H,7,13H2,(H2,45,54)(H,48,53)/t20-,23+,25-/m0/s1. The van der Waals surface area contributed by atoms with Gasteiger partial charge in [-0.25, -0.2) is 33.1 Å². The van der Waals surface area contributed by atoms with Crippen LogP contribution in [0.25, 0.3) is 32.0 Å². The summed E-state index contributed by atoms with van der Waals surface area (Å²) >= 11 is 1.15. The second-order valence-corrected chi connectivity index (χ2v) is 13.9. The van der Waals surface area contributed by atoms with Crippen LogP contribution in [0, 0.1) is 23.4 Å². The fourth-order valence-electron chi connectivity index (χ4n) is 6.93. The predicted octanol–water partition coefficient (Wildman–Crippen LogP) is 7.02. The lowest BCUT2D eigenvalue weighted by molar-refractivity contribution is -0.142. The number of allylic oxidation sites excluding steroid dienone is 2. The lowest BCUT2D eigenvalue weighted by Gasteiger charge is -2.27. The lowest BCUT2D eigenvalue weighted by Crippen LogP contribution is -2.36. The van der Waals surface area contributed by atoms with E-state index >= 15 is 8.78 Å². The zero-order chi connectivity index (χ0) is 39.0. The number of alkyl halides is 5. The molecule has 19 heteroatoms. The van der Waals surface area contributed by atoms with Crippen molar-refractivity contribution in [2.75, 3.05) is 0 Å². The van der Waals surface area contributed by atoms with Crippen LogP contribution >= 0.6 is 11.3 Å². The average Bonchev–Trinajstić information content (AvgIpc) is 3.72. The van der Waals surface area contributed by atoms with E-state index < -0.39 is 94.7 Å². The highest BCUT2D eigenvalue weighted by Crippen LogP contribution is 2.60. The fraction of sp³-hybridized carbons (Fsp3) is 0.194. The van der Waals surface area contributed by atoms with Crippen LogP contribution in [0.3, 0.4) is 0 Å². The first-order chi connectivity index (χ1) is 26.1. The third-order valence-electron chi connectivity index (χ3n) is 9.32. The van der Waals surface area contributed by atoms with Crippen molar-refractivity contribution < 1.29 is 44.7 Å². The summed E-state index contributed by atoms with van der Waals surface area (Å²) in [6.07, 6.45) is 1.09. The molecular formula is C36H22F8N8O2S. The summed E-state index contributed by atoms with van der Waals surface area (Å²) < 4.78 is 118. The summed E-state index contributed by atoms with van der Waals surface area (Å²) in [6.45, 7) is -1.11. The Morgan fingerprint density at radius 3 is 2.35 bits per heavy atom. The Labute approximate surface area is 307 Å². The molecule has 0 saturated carbocycles. The Balaban J connectivity index is 1.26. The van der Waals surface area contributed by atoms with Gasteiger partial charge in [-0.1, -0.05) is 18.2 Å². The van der Waals surface area contributed by atoms with Gasteiger partial charge in [0.1, 0.15) is 41.0 Å². The van der Waals surface area contributed by atoms with Crippen LogP contribution in [-0.4, -0.2) is 41.5 Å². The number of carbonyl (C=O) groups is 2. The van der Waals surface area contributed by atoms with Crippen molar-refractivity contribution in [3.05, 3.63) is 125 Å². The zero-order valence-corrected chi connectivity index (χ0v) is 28.4. The van der Waals surface area contributed by atoms with Gasteiger partial charge in [0.25, 0.3) is 11.8 Å². The molecule has 10 nitrogen and oxygen atoms in total. The molecular weight excluding hydrogens is 761 g/mol. The maximum absolute atomic E-state index is 15.5. The zero-order valence-electron chi connectivity index (χ0n) is 27.6. The van der Waals surface area contributed by atoms with Crippen molar-refractivity contribution in [1.82, 2.24) is 35.0 Å². The van der Waals surface area contributed by atoms with E-state index in [1.807, 2.05) is 0 Å². The third kappa shape index (κ3) is 6.36. The molecule has 280 valence electrons. The van der Waals surface area contributed by atoms with Crippen LogP contribution in [0.5, 0.6) is 0 Å². The number of hydrogen-bond donors (Lipinski definition) is 2. The fourth-order valence-corrected chi connectivity index (χ4v) is 7.85. The average molecular weight is 783 g/mol. The molecule has 55 heavy (non-hydrogen) atoms. The van der Waals surface area contributed by atoms with Crippen molar-refractivity contribution in [3.63, 3.8) is 0 Å². The summed E-state index contributed by atoms with van der Waals surface area (Å²) in [6, 6.07) is 6.11. The van der Waals surface area contributed by atoms with Crippen molar-refractivity contribution in [2.24, 2.45) is 11.7 Å². The Hall–Kier alpha value is -6.11.